The Bertz CT molecular complexity index is 1790. The maximum atomic E-state index is 13.6. The van der Waals surface area contributed by atoms with Gasteiger partial charge in [-0.15, -0.1) is 0 Å². The van der Waals surface area contributed by atoms with Crippen molar-refractivity contribution in [1.82, 2.24) is 0 Å². The molecule has 24 atom stereocenters. The van der Waals surface area contributed by atoms with Gasteiger partial charge in [-0.1, -0.05) is 45.9 Å². The lowest BCUT2D eigenvalue weighted by Crippen LogP contribution is -2.71. The van der Waals surface area contributed by atoms with Gasteiger partial charge in [0.25, 0.3) is 0 Å². The van der Waals surface area contributed by atoms with Gasteiger partial charge in [-0.25, -0.2) is 4.79 Å². The third-order valence-electron chi connectivity index (χ3n) is 17.7. The third-order valence-corrected chi connectivity index (χ3v) is 17.7. The van der Waals surface area contributed by atoms with E-state index >= 15 is 0 Å². The monoisotopic (exact) mass is 924 g/mol. The number of esters is 1. The summed E-state index contributed by atoms with van der Waals surface area (Å²) in [5.74, 6) is -1.51. The summed E-state index contributed by atoms with van der Waals surface area (Å²) in [6.45, 7) is 7.42. The number of aliphatic hydroxyl groups excluding tert-OH is 9. The summed E-state index contributed by atoms with van der Waals surface area (Å²) in [6, 6.07) is 8.35. The second-order valence-corrected chi connectivity index (χ2v) is 21.0. The number of ether oxygens (including phenoxy) is 7. The van der Waals surface area contributed by atoms with Crippen LogP contribution < -0.4 is 0 Å². The molecule has 7 fully saturated rings. The van der Waals surface area contributed by atoms with Crippen LogP contribution in [0.3, 0.4) is 0 Å². The van der Waals surface area contributed by atoms with Crippen molar-refractivity contribution in [2.24, 2.45) is 46.3 Å². The van der Waals surface area contributed by atoms with Crippen LogP contribution in [0.2, 0.25) is 0 Å². The first-order chi connectivity index (χ1) is 30.8. The molecular weight excluding hydrogens is 852 g/mol. The van der Waals surface area contributed by atoms with Crippen LogP contribution in [0.25, 0.3) is 0 Å². The van der Waals surface area contributed by atoms with Gasteiger partial charge in [0, 0.05) is 31.3 Å². The number of hydrogen-bond donors (Lipinski definition) is 10. The van der Waals surface area contributed by atoms with Gasteiger partial charge in [0.2, 0.25) is 0 Å². The van der Waals surface area contributed by atoms with E-state index in [1.54, 1.807) is 37.4 Å². The highest BCUT2D eigenvalue weighted by Gasteiger charge is 2.73. The van der Waals surface area contributed by atoms with E-state index in [2.05, 4.69) is 13.8 Å². The predicted octanol–water partition coefficient (Wildman–Crippen LogP) is -0.0281. The highest BCUT2D eigenvalue weighted by atomic mass is 16.7. The van der Waals surface area contributed by atoms with Gasteiger partial charge >= 0.3 is 5.97 Å². The number of carbonyl (C=O) groups is 1. The van der Waals surface area contributed by atoms with E-state index in [9.17, 15) is 55.9 Å². The molecule has 0 aromatic heterocycles. The quantitative estimate of drug-likeness (QED) is 0.0919. The number of carbonyl (C=O) groups excluding carboxylic acids is 1. The molecule has 1 aromatic carbocycles. The lowest BCUT2D eigenvalue weighted by molar-refractivity contribution is -0.339. The van der Waals surface area contributed by atoms with Crippen LogP contribution in [0.15, 0.2) is 30.3 Å². The van der Waals surface area contributed by atoms with Crippen molar-refractivity contribution in [3.8, 4) is 0 Å². The van der Waals surface area contributed by atoms with Gasteiger partial charge in [0.1, 0.15) is 54.9 Å². The summed E-state index contributed by atoms with van der Waals surface area (Å²) < 4.78 is 42.9. The van der Waals surface area contributed by atoms with Crippen LogP contribution in [0.5, 0.6) is 0 Å². The van der Waals surface area contributed by atoms with E-state index in [1.807, 2.05) is 13.8 Å². The van der Waals surface area contributed by atoms with Gasteiger partial charge < -0.3 is 84.2 Å². The van der Waals surface area contributed by atoms with Crippen LogP contribution in [0.4, 0.5) is 0 Å². The summed E-state index contributed by atoms with van der Waals surface area (Å²) in [5, 5.41) is 108. The molecule has 4 saturated carbocycles. The number of fused-ring (bicyclic) bond motifs is 7. The van der Waals surface area contributed by atoms with Gasteiger partial charge in [0.05, 0.1) is 49.3 Å². The summed E-state index contributed by atoms with van der Waals surface area (Å²) in [5.41, 5.74) is -2.62. The number of benzene rings is 1. The molecule has 3 aliphatic heterocycles. The summed E-state index contributed by atoms with van der Waals surface area (Å²) in [7, 11) is 1.67. The SMILES string of the molecule is CO[C@@]1(CC[C@H](C)CO[C@@H]2O[C@@H](CO)[C@H](O)[C@H](O)[C@H]2O)O[C@H]2C[C@H]3[C@@H]4C[C@H](O)[C@@]5(O)C[C@H](OC(=O)c6ccccc6)[C@@H](O[C@H]6O[C@@H](CO)[C@H](O)[C@H](O)[C@@H]6O)C[C@]5(C)[C@H]4CC[C@]3(C)[C@H]2[C@@H]1C. The van der Waals surface area contributed by atoms with Gasteiger partial charge in [-0.2, -0.15) is 0 Å². The Hall–Kier alpha value is -1.95. The molecule has 8 rings (SSSR count). The van der Waals surface area contributed by atoms with Crippen LogP contribution in [-0.4, -0.2) is 181 Å². The molecule has 0 amide bonds. The topological polar surface area (TPSA) is 284 Å². The zero-order valence-corrected chi connectivity index (χ0v) is 38.0. The smallest absolute Gasteiger partial charge is 0.338 e. The molecule has 3 heterocycles. The standard InChI is InChI=1S/C47H72O18/c1-22(21-60-42-39(55)37(53)35(51)31(19-48)63-42)11-14-47(59-5)23(2)34-28(65-47)16-27-25-15-33(50)46(58)18-30(61-41(57)24-9-7-6-8-10-24)29(17-45(46,4)26(25)12-13-44(27,34)3)62-43-40(56)38(54)36(52)32(20-49)64-43/h6-10,22-23,25-40,42-43,48-56,58H,11-21H2,1-5H3/t22-,23-,25+,26-,27-,28-,29-,30-,31-,32-,33-,34-,35-,36-,37-,38-,39+,40-,42+,43-,44-,45+,46-,47-/m0/s1. The van der Waals surface area contributed by atoms with Gasteiger partial charge in [-0.3, -0.25) is 0 Å². The summed E-state index contributed by atoms with van der Waals surface area (Å²) in [4.78, 5) is 13.6. The molecular formula is C47H72O18. The molecule has 0 unspecified atom stereocenters. The Balaban J connectivity index is 0.982. The largest absolute Gasteiger partial charge is 0.456 e. The maximum absolute atomic E-state index is 13.6. The fourth-order valence-electron chi connectivity index (χ4n) is 13.9. The van der Waals surface area contributed by atoms with Gasteiger partial charge in [0.15, 0.2) is 18.4 Å². The van der Waals surface area contributed by atoms with E-state index in [4.69, 9.17) is 33.2 Å². The number of hydrogen-bond acceptors (Lipinski definition) is 18. The molecule has 10 N–H and O–H groups in total. The number of rotatable bonds is 13. The van der Waals surface area contributed by atoms with Crippen molar-refractivity contribution >= 4 is 5.97 Å². The molecule has 18 heteroatoms. The van der Waals surface area contributed by atoms with Crippen LogP contribution in [0, 0.1) is 46.3 Å². The van der Waals surface area contributed by atoms with Crippen molar-refractivity contribution < 1.29 is 89.0 Å². The first kappa shape index (κ1) is 49.5. The molecule has 0 radical (unpaired) electrons. The zero-order chi connectivity index (χ0) is 47.0. The maximum Gasteiger partial charge on any atom is 0.338 e. The van der Waals surface area contributed by atoms with Crippen molar-refractivity contribution in [3.63, 3.8) is 0 Å². The minimum absolute atomic E-state index is 0.0188. The third kappa shape index (κ3) is 8.31. The van der Waals surface area contributed by atoms with Crippen LogP contribution >= 0.6 is 0 Å². The van der Waals surface area contributed by atoms with Crippen LogP contribution in [-0.2, 0) is 33.2 Å². The minimum Gasteiger partial charge on any atom is -0.456 e. The molecule has 368 valence electrons. The van der Waals surface area contributed by atoms with Crippen molar-refractivity contribution in [2.75, 3.05) is 26.9 Å². The number of aliphatic hydroxyl groups is 10. The zero-order valence-electron chi connectivity index (χ0n) is 38.0. The second-order valence-electron chi connectivity index (χ2n) is 21.0. The molecule has 3 saturated heterocycles. The Morgan fingerprint density at radius 3 is 2.09 bits per heavy atom. The Kier molecular flexibility index (Phi) is 14.3. The minimum atomic E-state index is -1.71. The summed E-state index contributed by atoms with van der Waals surface area (Å²) >= 11 is 0. The average molecular weight is 925 g/mol. The fraction of sp³-hybridized carbons (Fsp3) is 0.851. The Morgan fingerprint density at radius 2 is 1.46 bits per heavy atom. The van der Waals surface area contributed by atoms with E-state index < -0.39 is 116 Å². The van der Waals surface area contributed by atoms with E-state index in [-0.39, 0.29) is 72.0 Å². The van der Waals surface area contributed by atoms with Crippen molar-refractivity contribution in [1.29, 1.82) is 0 Å². The van der Waals surface area contributed by atoms with E-state index in [0.29, 0.717) is 25.7 Å². The predicted molar refractivity (Wildman–Crippen MR) is 225 cm³/mol. The molecule has 4 aliphatic carbocycles. The van der Waals surface area contributed by atoms with Crippen molar-refractivity contribution in [3.05, 3.63) is 35.9 Å². The van der Waals surface area contributed by atoms with E-state index in [0.717, 1.165) is 12.8 Å². The van der Waals surface area contributed by atoms with Crippen LogP contribution in [0.1, 0.15) is 89.4 Å². The van der Waals surface area contributed by atoms with Crippen molar-refractivity contribution in [2.45, 2.75) is 176 Å². The highest BCUT2D eigenvalue weighted by Crippen LogP contribution is 2.72. The lowest BCUT2D eigenvalue weighted by atomic mass is 9.42. The first-order valence-electron chi connectivity index (χ1n) is 23.5. The first-order valence-corrected chi connectivity index (χ1v) is 23.5. The molecule has 0 bridgehead atoms. The fourth-order valence-corrected chi connectivity index (χ4v) is 13.9. The summed E-state index contributed by atoms with van der Waals surface area (Å²) in [6.07, 6.45) is -14.3. The average Bonchev–Trinajstić information content (AvgIpc) is 3.75. The molecule has 18 nitrogen and oxygen atoms in total. The van der Waals surface area contributed by atoms with Gasteiger partial charge in [-0.05, 0) is 85.7 Å². The normalized spacial score (nSPS) is 51.0. The molecule has 0 spiro atoms. The lowest BCUT2D eigenvalue weighted by Gasteiger charge is -2.66. The van der Waals surface area contributed by atoms with E-state index in [1.165, 1.54) is 0 Å². The Labute approximate surface area is 379 Å². The Morgan fingerprint density at radius 1 is 0.831 bits per heavy atom. The molecule has 7 aliphatic rings. The molecule has 1 aromatic rings. The highest BCUT2D eigenvalue weighted by molar-refractivity contribution is 5.89. The number of methoxy groups -OCH3 is 1. The molecule has 65 heavy (non-hydrogen) atoms. The second kappa shape index (κ2) is 18.8.